The molecule has 20 heavy (non-hydrogen) atoms. The number of piperidine rings is 1. The van der Waals surface area contributed by atoms with Crippen LogP contribution in [0.4, 0.5) is 5.82 Å². The van der Waals surface area contributed by atoms with Crippen molar-refractivity contribution in [3.8, 4) is 0 Å². The standard InChI is InChI=1S/C14H15N5O/c20-14-17-16-13-12(18-8-4-1-5-9-18)15-10-6-2-3-7-11(10)19(13)14/h2-3,6-7H,1,4-5,8-9H2,(H,17,20). The quantitative estimate of drug-likeness (QED) is 0.728. The van der Waals surface area contributed by atoms with Crippen LogP contribution in [0.5, 0.6) is 0 Å². The van der Waals surface area contributed by atoms with Gasteiger partial charge < -0.3 is 4.90 Å². The van der Waals surface area contributed by atoms with Crippen LogP contribution in [-0.2, 0) is 0 Å². The van der Waals surface area contributed by atoms with E-state index in [2.05, 4.69) is 15.1 Å². The molecule has 1 aliphatic rings. The molecule has 0 atom stereocenters. The van der Waals surface area contributed by atoms with E-state index in [1.54, 1.807) is 4.40 Å². The van der Waals surface area contributed by atoms with E-state index in [1.807, 2.05) is 24.3 Å². The maximum Gasteiger partial charge on any atom is 0.348 e. The van der Waals surface area contributed by atoms with Gasteiger partial charge in [0.15, 0.2) is 5.82 Å². The number of aromatic amines is 1. The van der Waals surface area contributed by atoms with Crippen molar-refractivity contribution in [2.75, 3.05) is 18.0 Å². The number of H-pyrrole nitrogens is 1. The Morgan fingerprint density at radius 2 is 1.90 bits per heavy atom. The highest BCUT2D eigenvalue weighted by Crippen LogP contribution is 2.24. The summed E-state index contributed by atoms with van der Waals surface area (Å²) < 4.78 is 1.62. The van der Waals surface area contributed by atoms with Gasteiger partial charge in [0.05, 0.1) is 11.0 Å². The highest BCUT2D eigenvalue weighted by Gasteiger charge is 2.19. The van der Waals surface area contributed by atoms with Crippen LogP contribution in [0.1, 0.15) is 19.3 Å². The molecule has 1 fully saturated rings. The van der Waals surface area contributed by atoms with Gasteiger partial charge >= 0.3 is 5.69 Å². The van der Waals surface area contributed by atoms with E-state index in [0.29, 0.717) is 5.65 Å². The Morgan fingerprint density at radius 3 is 2.75 bits per heavy atom. The van der Waals surface area contributed by atoms with Crippen LogP contribution in [0.2, 0.25) is 0 Å². The highest BCUT2D eigenvalue weighted by molar-refractivity contribution is 5.82. The Labute approximate surface area is 115 Å². The summed E-state index contributed by atoms with van der Waals surface area (Å²) in [6.07, 6.45) is 3.58. The van der Waals surface area contributed by atoms with E-state index in [4.69, 9.17) is 4.98 Å². The monoisotopic (exact) mass is 269 g/mol. The molecule has 3 heterocycles. The van der Waals surface area contributed by atoms with Crippen molar-refractivity contribution in [2.45, 2.75) is 19.3 Å². The van der Waals surface area contributed by atoms with Crippen LogP contribution in [0, 0.1) is 0 Å². The van der Waals surface area contributed by atoms with Crippen molar-refractivity contribution >= 4 is 22.5 Å². The average Bonchev–Trinajstić information content (AvgIpc) is 2.90. The number of benzene rings is 1. The van der Waals surface area contributed by atoms with Gasteiger partial charge in [-0.05, 0) is 31.4 Å². The van der Waals surface area contributed by atoms with Crippen molar-refractivity contribution < 1.29 is 0 Å². The molecule has 2 aromatic heterocycles. The molecular formula is C14H15N5O. The number of rotatable bonds is 1. The Morgan fingerprint density at radius 1 is 1.10 bits per heavy atom. The SMILES string of the molecule is O=c1[nH]nc2c(N3CCCCC3)nc3ccccc3n12. The van der Waals surface area contributed by atoms with E-state index >= 15 is 0 Å². The van der Waals surface area contributed by atoms with Crippen molar-refractivity contribution in [2.24, 2.45) is 0 Å². The Hall–Kier alpha value is -2.37. The van der Waals surface area contributed by atoms with Gasteiger partial charge in [0.1, 0.15) is 0 Å². The van der Waals surface area contributed by atoms with Crippen molar-refractivity contribution in [3.05, 3.63) is 34.7 Å². The van der Waals surface area contributed by atoms with E-state index < -0.39 is 0 Å². The largest absolute Gasteiger partial charge is 0.353 e. The van der Waals surface area contributed by atoms with E-state index in [1.165, 1.54) is 6.42 Å². The van der Waals surface area contributed by atoms with E-state index in [0.717, 1.165) is 42.8 Å². The second-order valence-electron chi connectivity index (χ2n) is 5.16. The fourth-order valence-electron chi connectivity index (χ4n) is 2.90. The van der Waals surface area contributed by atoms with Crippen LogP contribution in [-0.4, -0.2) is 32.7 Å². The molecule has 102 valence electrons. The molecule has 6 nitrogen and oxygen atoms in total. The number of aromatic nitrogens is 4. The lowest BCUT2D eigenvalue weighted by molar-refractivity contribution is 0.574. The molecule has 6 heteroatoms. The molecule has 1 N–H and O–H groups in total. The van der Waals surface area contributed by atoms with Crippen molar-refractivity contribution in [1.29, 1.82) is 0 Å². The van der Waals surface area contributed by atoms with Gasteiger partial charge in [-0.1, -0.05) is 12.1 Å². The second-order valence-corrected chi connectivity index (χ2v) is 5.16. The zero-order valence-electron chi connectivity index (χ0n) is 11.0. The highest BCUT2D eigenvalue weighted by atomic mass is 16.1. The van der Waals surface area contributed by atoms with Gasteiger partial charge in [-0.2, -0.15) is 0 Å². The number of hydrogen-bond acceptors (Lipinski definition) is 4. The maximum absolute atomic E-state index is 12.0. The predicted molar refractivity (Wildman–Crippen MR) is 77.2 cm³/mol. The van der Waals surface area contributed by atoms with Gasteiger partial charge in [0.25, 0.3) is 0 Å². The molecule has 1 saturated heterocycles. The van der Waals surface area contributed by atoms with E-state index in [9.17, 15) is 4.79 Å². The van der Waals surface area contributed by atoms with Gasteiger partial charge in [0.2, 0.25) is 5.65 Å². The Kier molecular flexibility index (Phi) is 2.48. The first kappa shape index (κ1) is 11.5. The van der Waals surface area contributed by atoms with E-state index in [-0.39, 0.29) is 5.69 Å². The fraction of sp³-hybridized carbons (Fsp3) is 0.357. The molecule has 3 aromatic rings. The van der Waals surface area contributed by atoms with Crippen LogP contribution in [0.15, 0.2) is 29.1 Å². The maximum atomic E-state index is 12.0. The second kappa shape index (κ2) is 4.33. The first-order chi connectivity index (χ1) is 9.84. The van der Waals surface area contributed by atoms with Crippen LogP contribution >= 0.6 is 0 Å². The number of anilines is 1. The predicted octanol–water partition coefficient (Wildman–Crippen LogP) is 1.56. The third kappa shape index (κ3) is 1.61. The average molecular weight is 269 g/mol. The summed E-state index contributed by atoms with van der Waals surface area (Å²) in [5.41, 5.74) is 2.03. The molecule has 0 bridgehead atoms. The van der Waals surface area contributed by atoms with Gasteiger partial charge in [-0.15, -0.1) is 5.10 Å². The number of fused-ring (bicyclic) bond motifs is 3. The van der Waals surface area contributed by atoms with Gasteiger partial charge in [-0.3, -0.25) is 0 Å². The number of hydrogen-bond donors (Lipinski definition) is 1. The summed E-state index contributed by atoms with van der Waals surface area (Å²) in [6.45, 7) is 1.95. The lowest BCUT2D eigenvalue weighted by atomic mass is 10.1. The lowest BCUT2D eigenvalue weighted by Gasteiger charge is -2.27. The minimum Gasteiger partial charge on any atom is -0.353 e. The van der Waals surface area contributed by atoms with Crippen LogP contribution in [0.3, 0.4) is 0 Å². The molecule has 1 aromatic carbocycles. The zero-order chi connectivity index (χ0) is 13.5. The summed E-state index contributed by atoms with van der Waals surface area (Å²) in [6, 6.07) is 7.67. The topological polar surface area (TPSA) is 66.3 Å². The minimum atomic E-state index is -0.211. The molecule has 0 spiro atoms. The van der Waals surface area contributed by atoms with Crippen molar-refractivity contribution in [3.63, 3.8) is 0 Å². The van der Waals surface area contributed by atoms with Crippen molar-refractivity contribution in [1.82, 2.24) is 19.6 Å². The summed E-state index contributed by atoms with van der Waals surface area (Å²) in [4.78, 5) is 19.0. The third-order valence-electron chi connectivity index (χ3n) is 3.88. The minimum absolute atomic E-state index is 0.211. The Bertz CT molecular complexity index is 828. The number of nitrogens with zero attached hydrogens (tertiary/aromatic N) is 4. The summed E-state index contributed by atoms with van der Waals surface area (Å²) in [7, 11) is 0. The molecule has 0 amide bonds. The smallest absolute Gasteiger partial charge is 0.348 e. The number of nitrogens with one attached hydrogen (secondary N) is 1. The van der Waals surface area contributed by atoms with Gasteiger partial charge in [0, 0.05) is 13.1 Å². The van der Waals surface area contributed by atoms with Crippen LogP contribution < -0.4 is 10.6 Å². The lowest BCUT2D eigenvalue weighted by Crippen LogP contribution is -2.31. The zero-order valence-corrected chi connectivity index (χ0v) is 11.0. The van der Waals surface area contributed by atoms with Gasteiger partial charge in [-0.25, -0.2) is 19.3 Å². The molecule has 4 rings (SSSR count). The first-order valence-corrected chi connectivity index (χ1v) is 6.95. The normalized spacial score (nSPS) is 16.1. The number of para-hydroxylation sites is 2. The molecule has 1 aliphatic heterocycles. The molecular weight excluding hydrogens is 254 g/mol. The molecule has 0 unspecified atom stereocenters. The molecule has 0 radical (unpaired) electrons. The van der Waals surface area contributed by atoms with Crippen LogP contribution in [0.25, 0.3) is 16.7 Å². The summed E-state index contributed by atoms with van der Waals surface area (Å²) in [5.74, 6) is 0.807. The summed E-state index contributed by atoms with van der Waals surface area (Å²) >= 11 is 0. The summed E-state index contributed by atoms with van der Waals surface area (Å²) in [5, 5.41) is 6.70. The molecule has 0 saturated carbocycles. The fourth-order valence-corrected chi connectivity index (χ4v) is 2.90. The molecule has 0 aliphatic carbocycles. The Balaban J connectivity index is 2.05. The first-order valence-electron chi connectivity index (χ1n) is 6.95. The third-order valence-corrected chi connectivity index (χ3v) is 3.88.